The molecule has 1 aromatic rings. The number of hydrogen-bond acceptors (Lipinski definition) is 6. The van der Waals surface area contributed by atoms with E-state index < -0.39 is 0 Å². The highest BCUT2D eigenvalue weighted by molar-refractivity contribution is 7.13. The SMILES string of the molecule is CCOC(=O)Cc1csc(NCCOC)n1. The van der Waals surface area contributed by atoms with Crippen LogP contribution in [0, 0.1) is 0 Å². The van der Waals surface area contributed by atoms with Crippen LogP contribution in [0.15, 0.2) is 5.38 Å². The van der Waals surface area contributed by atoms with Gasteiger partial charge in [-0.05, 0) is 6.92 Å². The Morgan fingerprint density at radius 3 is 3.12 bits per heavy atom. The van der Waals surface area contributed by atoms with Crippen LogP contribution in [0.25, 0.3) is 0 Å². The summed E-state index contributed by atoms with van der Waals surface area (Å²) in [6.45, 7) is 3.54. The summed E-state index contributed by atoms with van der Waals surface area (Å²) in [5, 5.41) is 5.76. The molecule has 16 heavy (non-hydrogen) atoms. The van der Waals surface area contributed by atoms with Gasteiger partial charge in [-0.15, -0.1) is 11.3 Å². The van der Waals surface area contributed by atoms with Crippen molar-refractivity contribution >= 4 is 22.4 Å². The molecule has 6 heteroatoms. The van der Waals surface area contributed by atoms with Gasteiger partial charge in [0.25, 0.3) is 0 Å². The zero-order chi connectivity index (χ0) is 11.8. The van der Waals surface area contributed by atoms with Gasteiger partial charge in [0.05, 0.1) is 25.3 Å². The molecule has 0 aliphatic carbocycles. The highest BCUT2D eigenvalue weighted by Gasteiger charge is 2.07. The summed E-state index contributed by atoms with van der Waals surface area (Å²) in [6.07, 6.45) is 0.232. The van der Waals surface area contributed by atoms with Crippen LogP contribution in [0.4, 0.5) is 5.13 Å². The van der Waals surface area contributed by atoms with Gasteiger partial charge in [0, 0.05) is 19.0 Å². The fourth-order valence-corrected chi connectivity index (χ4v) is 1.83. The Balaban J connectivity index is 2.36. The summed E-state index contributed by atoms with van der Waals surface area (Å²) in [6, 6.07) is 0. The Labute approximate surface area is 98.8 Å². The first-order chi connectivity index (χ1) is 7.76. The van der Waals surface area contributed by atoms with Crippen LogP contribution < -0.4 is 5.32 Å². The number of aromatic nitrogens is 1. The number of nitrogens with one attached hydrogen (secondary N) is 1. The van der Waals surface area contributed by atoms with E-state index in [0.717, 1.165) is 10.8 Å². The number of carbonyl (C=O) groups excluding carboxylic acids is 1. The third-order valence-corrected chi connectivity index (χ3v) is 2.61. The first-order valence-electron chi connectivity index (χ1n) is 5.09. The third-order valence-electron chi connectivity index (χ3n) is 1.76. The molecule has 90 valence electrons. The molecule has 0 bridgehead atoms. The fraction of sp³-hybridized carbons (Fsp3) is 0.600. The minimum atomic E-state index is -0.240. The second-order valence-electron chi connectivity index (χ2n) is 3.05. The van der Waals surface area contributed by atoms with Crippen LogP contribution in [-0.4, -0.2) is 37.8 Å². The van der Waals surface area contributed by atoms with Crippen molar-refractivity contribution in [1.82, 2.24) is 4.98 Å². The van der Waals surface area contributed by atoms with Crippen LogP contribution in [0.1, 0.15) is 12.6 Å². The molecule has 0 spiro atoms. The van der Waals surface area contributed by atoms with Crippen LogP contribution >= 0.6 is 11.3 Å². The van der Waals surface area contributed by atoms with E-state index in [1.165, 1.54) is 11.3 Å². The van der Waals surface area contributed by atoms with Crippen molar-refractivity contribution in [2.45, 2.75) is 13.3 Å². The normalized spacial score (nSPS) is 10.1. The molecular formula is C10H16N2O3S. The molecule has 0 aliphatic rings. The van der Waals surface area contributed by atoms with Crippen molar-refractivity contribution in [3.05, 3.63) is 11.1 Å². The number of carbonyl (C=O) groups is 1. The third kappa shape index (κ3) is 4.59. The van der Waals surface area contributed by atoms with Crippen LogP contribution in [0.5, 0.6) is 0 Å². The van der Waals surface area contributed by atoms with E-state index >= 15 is 0 Å². The molecule has 0 saturated carbocycles. The first-order valence-corrected chi connectivity index (χ1v) is 5.97. The molecule has 5 nitrogen and oxygen atoms in total. The van der Waals surface area contributed by atoms with Crippen molar-refractivity contribution in [3.8, 4) is 0 Å². The first kappa shape index (κ1) is 12.9. The molecule has 0 amide bonds. The highest BCUT2D eigenvalue weighted by atomic mass is 32.1. The predicted molar refractivity (Wildman–Crippen MR) is 62.8 cm³/mol. The van der Waals surface area contributed by atoms with Crippen molar-refractivity contribution < 1.29 is 14.3 Å². The number of nitrogens with zero attached hydrogens (tertiary/aromatic N) is 1. The van der Waals surface area contributed by atoms with E-state index in [0.29, 0.717) is 19.8 Å². The van der Waals surface area contributed by atoms with E-state index in [2.05, 4.69) is 10.3 Å². The number of anilines is 1. The molecule has 0 unspecified atom stereocenters. The lowest BCUT2D eigenvalue weighted by Crippen LogP contribution is -2.09. The fourth-order valence-electron chi connectivity index (χ4n) is 1.09. The topological polar surface area (TPSA) is 60.5 Å². The number of thiazole rings is 1. The van der Waals surface area contributed by atoms with Gasteiger partial charge >= 0.3 is 5.97 Å². The van der Waals surface area contributed by atoms with Gasteiger partial charge < -0.3 is 14.8 Å². The second-order valence-corrected chi connectivity index (χ2v) is 3.90. The Morgan fingerprint density at radius 1 is 1.62 bits per heavy atom. The van der Waals surface area contributed by atoms with Gasteiger partial charge in [-0.3, -0.25) is 4.79 Å². The van der Waals surface area contributed by atoms with Gasteiger partial charge in [-0.2, -0.15) is 0 Å². The summed E-state index contributed by atoms with van der Waals surface area (Å²) >= 11 is 1.47. The minimum Gasteiger partial charge on any atom is -0.466 e. The van der Waals surface area contributed by atoms with Crippen molar-refractivity contribution in [2.75, 3.05) is 32.2 Å². The summed E-state index contributed by atoms with van der Waals surface area (Å²) in [4.78, 5) is 15.4. The Morgan fingerprint density at radius 2 is 2.44 bits per heavy atom. The Kier molecular flexibility index (Phi) is 5.81. The number of rotatable bonds is 7. The maximum atomic E-state index is 11.2. The standard InChI is InChI=1S/C10H16N2O3S/c1-3-15-9(13)6-8-7-16-10(12-8)11-4-5-14-2/h7H,3-6H2,1-2H3,(H,11,12). The average Bonchev–Trinajstić information content (AvgIpc) is 2.66. The van der Waals surface area contributed by atoms with Crippen LogP contribution in [-0.2, 0) is 20.7 Å². The molecule has 0 radical (unpaired) electrons. The molecular weight excluding hydrogens is 228 g/mol. The minimum absolute atomic E-state index is 0.232. The smallest absolute Gasteiger partial charge is 0.311 e. The van der Waals surface area contributed by atoms with Gasteiger partial charge in [0.15, 0.2) is 5.13 Å². The molecule has 0 atom stereocenters. The number of hydrogen-bond donors (Lipinski definition) is 1. The van der Waals surface area contributed by atoms with Crippen molar-refractivity contribution in [2.24, 2.45) is 0 Å². The van der Waals surface area contributed by atoms with Gasteiger partial charge in [-0.25, -0.2) is 4.98 Å². The average molecular weight is 244 g/mol. The predicted octanol–water partition coefficient (Wildman–Crippen LogP) is 1.31. The largest absolute Gasteiger partial charge is 0.466 e. The van der Waals surface area contributed by atoms with Gasteiger partial charge in [0.2, 0.25) is 0 Å². The summed E-state index contributed by atoms with van der Waals surface area (Å²) in [5.74, 6) is -0.240. The second kappa shape index (κ2) is 7.19. The Bertz CT molecular complexity index is 328. The van der Waals surface area contributed by atoms with E-state index in [4.69, 9.17) is 9.47 Å². The van der Waals surface area contributed by atoms with E-state index in [-0.39, 0.29) is 12.4 Å². The Hall–Kier alpha value is -1.14. The quantitative estimate of drug-likeness (QED) is 0.579. The maximum absolute atomic E-state index is 11.2. The molecule has 1 N–H and O–H groups in total. The lowest BCUT2D eigenvalue weighted by molar-refractivity contribution is -0.142. The highest BCUT2D eigenvalue weighted by Crippen LogP contribution is 2.15. The summed E-state index contributed by atoms with van der Waals surface area (Å²) in [5.41, 5.74) is 0.739. The molecule has 0 aromatic carbocycles. The molecule has 0 fully saturated rings. The molecule has 1 aromatic heterocycles. The molecule has 1 heterocycles. The zero-order valence-electron chi connectivity index (χ0n) is 9.49. The van der Waals surface area contributed by atoms with Gasteiger partial charge in [0.1, 0.15) is 0 Å². The maximum Gasteiger partial charge on any atom is 0.311 e. The van der Waals surface area contributed by atoms with E-state index in [1.54, 1.807) is 14.0 Å². The number of esters is 1. The van der Waals surface area contributed by atoms with E-state index in [1.807, 2.05) is 5.38 Å². The molecule has 1 rings (SSSR count). The molecule has 0 aliphatic heterocycles. The van der Waals surface area contributed by atoms with Crippen molar-refractivity contribution in [3.63, 3.8) is 0 Å². The number of methoxy groups -OCH3 is 1. The van der Waals surface area contributed by atoms with Crippen LogP contribution in [0.2, 0.25) is 0 Å². The summed E-state index contributed by atoms with van der Waals surface area (Å²) < 4.78 is 9.75. The molecule has 0 saturated heterocycles. The lowest BCUT2D eigenvalue weighted by Gasteiger charge is -2.00. The monoisotopic (exact) mass is 244 g/mol. The number of ether oxygens (including phenoxy) is 2. The van der Waals surface area contributed by atoms with Crippen LogP contribution in [0.3, 0.4) is 0 Å². The van der Waals surface area contributed by atoms with E-state index in [9.17, 15) is 4.79 Å². The van der Waals surface area contributed by atoms with Gasteiger partial charge in [-0.1, -0.05) is 0 Å². The summed E-state index contributed by atoms with van der Waals surface area (Å²) in [7, 11) is 1.65. The lowest BCUT2D eigenvalue weighted by atomic mass is 10.3. The van der Waals surface area contributed by atoms with Crippen molar-refractivity contribution in [1.29, 1.82) is 0 Å². The zero-order valence-corrected chi connectivity index (χ0v) is 10.3.